The van der Waals surface area contributed by atoms with Crippen molar-refractivity contribution in [2.75, 3.05) is 13.2 Å². The molecule has 1 spiro atoms. The SMILES string of the molecule is CC#CCC1(C)CCCC12OCCO2. The van der Waals surface area contributed by atoms with Crippen LogP contribution in [0.25, 0.3) is 0 Å². The normalized spacial score (nSPS) is 34.4. The lowest BCUT2D eigenvalue weighted by Crippen LogP contribution is -2.42. The van der Waals surface area contributed by atoms with Crippen LogP contribution in [0, 0.1) is 17.3 Å². The third kappa shape index (κ3) is 1.36. The molecule has 78 valence electrons. The van der Waals surface area contributed by atoms with Crippen LogP contribution in [0.5, 0.6) is 0 Å². The molecule has 2 nitrogen and oxygen atoms in total. The van der Waals surface area contributed by atoms with Gasteiger partial charge in [-0.25, -0.2) is 0 Å². The lowest BCUT2D eigenvalue weighted by atomic mass is 9.80. The van der Waals surface area contributed by atoms with E-state index in [9.17, 15) is 0 Å². The Morgan fingerprint density at radius 1 is 1.21 bits per heavy atom. The maximum Gasteiger partial charge on any atom is 0.174 e. The van der Waals surface area contributed by atoms with Gasteiger partial charge < -0.3 is 9.47 Å². The van der Waals surface area contributed by atoms with Crippen LogP contribution >= 0.6 is 0 Å². The first-order valence-corrected chi connectivity index (χ1v) is 5.40. The molecule has 0 aromatic heterocycles. The Bertz CT molecular complexity index is 262. The van der Waals surface area contributed by atoms with Crippen molar-refractivity contribution >= 4 is 0 Å². The highest BCUT2D eigenvalue weighted by Gasteiger charge is 2.55. The van der Waals surface area contributed by atoms with E-state index in [0.29, 0.717) is 0 Å². The average Bonchev–Trinajstić information content (AvgIpc) is 2.75. The fourth-order valence-corrected chi connectivity index (χ4v) is 2.66. The highest BCUT2D eigenvalue weighted by molar-refractivity contribution is 5.07. The van der Waals surface area contributed by atoms with Crippen LogP contribution in [0.15, 0.2) is 0 Å². The van der Waals surface area contributed by atoms with Gasteiger partial charge in [-0.2, -0.15) is 0 Å². The summed E-state index contributed by atoms with van der Waals surface area (Å²) in [6.45, 7) is 5.63. The topological polar surface area (TPSA) is 18.5 Å². The Labute approximate surface area is 86.0 Å². The van der Waals surface area contributed by atoms with E-state index in [1.807, 2.05) is 6.92 Å². The first-order valence-electron chi connectivity index (χ1n) is 5.40. The summed E-state index contributed by atoms with van der Waals surface area (Å²) in [5, 5.41) is 0. The molecule has 0 bridgehead atoms. The van der Waals surface area contributed by atoms with E-state index in [2.05, 4.69) is 18.8 Å². The third-order valence-electron chi connectivity index (χ3n) is 3.56. The molecule has 1 saturated carbocycles. The predicted octanol–water partition coefficient (Wildman–Crippen LogP) is 2.33. The largest absolute Gasteiger partial charge is 0.347 e. The molecule has 0 aromatic rings. The van der Waals surface area contributed by atoms with Gasteiger partial charge in [0.15, 0.2) is 5.79 Å². The zero-order valence-corrected chi connectivity index (χ0v) is 9.06. The first-order chi connectivity index (χ1) is 6.72. The quantitative estimate of drug-likeness (QED) is 0.596. The van der Waals surface area contributed by atoms with Gasteiger partial charge in [-0.15, -0.1) is 11.8 Å². The van der Waals surface area contributed by atoms with Gasteiger partial charge in [0.1, 0.15) is 0 Å². The molecule has 1 heterocycles. The van der Waals surface area contributed by atoms with Crippen molar-refractivity contribution in [3.05, 3.63) is 0 Å². The van der Waals surface area contributed by atoms with E-state index in [1.165, 1.54) is 12.8 Å². The van der Waals surface area contributed by atoms with Crippen molar-refractivity contribution in [1.29, 1.82) is 0 Å². The molecule has 0 aromatic carbocycles. The lowest BCUT2D eigenvalue weighted by molar-refractivity contribution is -0.214. The summed E-state index contributed by atoms with van der Waals surface area (Å²) < 4.78 is 11.6. The number of hydrogen-bond acceptors (Lipinski definition) is 2. The molecule has 2 aliphatic rings. The summed E-state index contributed by atoms with van der Waals surface area (Å²) in [6.07, 6.45) is 4.29. The minimum absolute atomic E-state index is 0.104. The molecular weight excluding hydrogens is 176 g/mol. The molecule has 2 heteroatoms. The van der Waals surface area contributed by atoms with Crippen LogP contribution in [0.2, 0.25) is 0 Å². The van der Waals surface area contributed by atoms with Crippen molar-refractivity contribution in [3.8, 4) is 11.8 Å². The Hall–Kier alpha value is -0.520. The molecule has 1 atom stereocenters. The van der Waals surface area contributed by atoms with Crippen molar-refractivity contribution in [2.24, 2.45) is 5.41 Å². The van der Waals surface area contributed by atoms with Crippen LogP contribution in [-0.4, -0.2) is 19.0 Å². The molecule has 1 aliphatic heterocycles. The molecule has 1 aliphatic carbocycles. The molecule has 2 fully saturated rings. The van der Waals surface area contributed by atoms with Gasteiger partial charge in [-0.05, 0) is 19.8 Å². The van der Waals surface area contributed by atoms with Crippen LogP contribution in [0.1, 0.15) is 39.5 Å². The van der Waals surface area contributed by atoms with Crippen molar-refractivity contribution in [3.63, 3.8) is 0 Å². The third-order valence-corrected chi connectivity index (χ3v) is 3.56. The van der Waals surface area contributed by atoms with E-state index in [0.717, 1.165) is 26.1 Å². The van der Waals surface area contributed by atoms with Crippen LogP contribution < -0.4 is 0 Å². The van der Waals surface area contributed by atoms with Gasteiger partial charge in [0.25, 0.3) is 0 Å². The van der Waals surface area contributed by atoms with Gasteiger partial charge in [-0.3, -0.25) is 0 Å². The summed E-state index contributed by atoms with van der Waals surface area (Å²) in [5.41, 5.74) is 0.104. The lowest BCUT2D eigenvalue weighted by Gasteiger charge is -2.37. The van der Waals surface area contributed by atoms with Gasteiger partial charge >= 0.3 is 0 Å². The fraction of sp³-hybridized carbons (Fsp3) is 0.833. The first kappa shape index (κ1) is 10.0. The molecule has 14 heavy (non-hydrogen) atoms. The summed E-state index contributed by atoms with van der Waals surface area (Å²) in [4.78, 5) is 0. The zero-order chi connectivity index (χ0) is 10.1. The Kier molecular flexibility index (Phi) is 2.55. The smallest absolute Gasteiger partial charge is 0.174 e. The molecule has 0 amide bonds. The summed E-state index contributed by atoms with van der Waals surface area (Å²) in [6, 6.07) is 0. The minimum Gasteiger partial charge on any atom is -0.347 e. The van der Waals surface area contributed by atoms with Gasteiger partial charge in [0.2, 0.25) is 0 Å². The summed E-state index contributed by atoms with van der Waals surface area (Å²) in [7, 11) is 0. The number of hydrogen-bond donors (Lipinski definition) is 0. The van der Waals surface area contributed by atoms with E-state index in [-0.39, 0.29) is 11.2 Å². The molecule has 0 N–H and O–H groups in total. The van der Waals surface area contributed by atoms with Gasteiger partial charge in [0.05, 0.1) is 13.2 Å². The second kappa shape index (κ2) is 3.56. The maximum atomic E-state index is 5.82. The monoisotopic (exact) mass is 194 g/mol. The van der Waals surface area contributed by atoms with Crippen LogP contribution in [0.4, 0.5) is 0 Å². The zero-order valence-electron chi connectivity index (χ0n) is 9.06. The fourth-order valence-electron chi connectivity index (χ4n) is 2.66. The second-order valence-corrected chi connectivity index (χ2v) is 4.47. The molecule has 0 radical (unpaired) electrons. The van der Waals surface area contributed by atoms with Crippen molar-refractivity contribution in [2.45, 2.75) is 45.3 Å². The van der Waals surface area contributed by atoms with E-state index in [1.54, 1.807) is 0 Å². The number of rotatable bonds is 1. The highest BCUT2D eigenvalue weighted by atomic mass is 16.7. The Morgan fingerprint density at radius 3 is 2.57 bits per heavy atom. The van der Waals surface area contributed by atoms with Crippen molar-refractivity contribution < 1.29 is 9.47 Å². The Morgan fingerprint density at radius 2 is 1.93 bits per heavy atom. The van der Waals surface area contributed by atoms with Gasteiger partial charge in [0, 0.05) is 18.3 Å². The highest BCUT2D eigenvalue weighted by Crippen LogP contribution is 2.52. The molecule has 1 saturated heterocycles. The molecular formula is C12H18O2. The molecule has 1 unspecified atom stereocenters. The van der Waals surface area contributed by atoms with E-state index < -0.39 is 0 Å². The second-order valence-electron chi connectivity index (χ2n) is 4.47. The van der Waals surface area contributed by atoms with Gasteiger partial charge in [-0.1, -0.05) is 6.92 Å². The Balaban J connectivity index is 2.18. The summed E-state index contributed by atoms with van der Waals surface area (Å²) in [5.74, 6) is 5.83. The standard InChI is InChI=1S/C12H18O2/c1-3-4-6-11(2)7-5-8-12(11)13-9-10-14-12/h5-10H2,1-2H3. The van der Waals surface area contributed by atoms with E-state index >= 15 is 0 Å². The van der Waals surface area contributed by atoms with E-state index in [4.69, 9.17) is 9.47 Å². The molecule has 2 rings (SSSR count). The minimum atomic E-state index is -0.309. The average molecular weight is 194 g/mol. The van der Waals surface area contributed by atoms with Crippen LogP contribution in [-0.2, 0) is 9.47 Å². The van der Waals surface area contributed by atoms with Crippen LogP contribution in [0.3, 0.4) is 0 Å². The summed E-state index contributed by atoms with van der Waals surface area (Å²) >= 11 is 0. The maximum absolute atomic E-state index is 5.82. The predicted molar refractivity (Wildman–Crippen MR) is 54.7 cm³/mol. The van der Waals surface area contributed by atoms with Crippen molar-refractivity contribution in [1.82, 2.24) is 0 Å². The number of ether oxygens (including phenoxy) is 2.